The van der Waals surface area contributed by atoms with Gasteiger partial charge in [0.15, 0.2) is 0 Å². The summed E-state index contributed by atoms with van der Waals surface area (Å²) in [5, 5.41) is 3.57. The van der Waals surface area contributed by atoms with E-state index in [2.05, 4.69) is 10.0 Å². The molecule has 1 aliphatic rings. The second-order valence-electron chi connectivity index (χ2n) is 5.35. The highest BCUT2D eigenvalue weighted by atomic mass is 16.6. The summed E-state index contributed by atoms with van der Waals surface area (Å²) >= 11 is 0. The maximum absolute atomic E-state index is 11.8. The summed E-state index contributed by atoms with van der Waals surface area (Å²) in [7, 11) is 0. The van der Waals surface area contributed by atoms with E-state index < -0.39 is 5.60 Å². The van der Waals surface area contributed by atoms with E-state index >= 15 is 0 Å². The molecule has 0 bridgehead atoms. The third-order valence-electron chi connectivity index (χ3n) is 2.57. The number of hydrogen-bond donors (Lipinski definition) is 0. The van der Waals surface area contributed by atoms with Gasteiger partial charge in [-0.1, -0.05) is 5.11 Å². The molecule has 0 spiro atoms. The number of rotatable bonds is 2. The van der Waals surface area contributed by atoms with E-state index in [9.17, 15) is 4.79 Å². The van der Waals surface area contributed by atoms with Crippen LogP contribution in [0.1, 0.15) is 33.6 Å². The smallest absolute Gasteiger partial charge is 0.410 e. The van der Waals surface area contributed by atoms with Crippen LogP contribution < -0.4 is 0 Å². The highest BCUT2D eigenvalue weighted by molar-refractivity contribution is 5.68. The van der Waals surface area contributed by atoms with Gasteiger partial charge in [0.2, 0.25) is 0 Å². The van der Waals surface area contributed by atoms with E-state index in [1.807, 2.05) is 20.8 Å². The Morgan fingerprint density at radius 3 is 2.88 bits per heavy atom. The molecule has 1 fully saturated rings. The number of piperidine rings is 1. The van der Waals surface area contributed by atoms with Gasteiger partial charge >= 0.3 is 6.09 Å². The zero-order valence-electron chi connectivity index (χ0n) is 10.7. The predicted molar refractivity (Wildman–Crippen MR) is 64.5 cm³/mol. The number of azide groups is 1. The molecule has 6 heteroatoms. The minimum Gasteiger partial charge on any atom is -0.444 e. The molecule has 0 saturated carbocycles. The summed E-state index contributed by atoms with van der Waals surface area (Å²) in [4.78, 5) is 16.3. The van der Waals surface area contributed by atoms with Crippen LogP contribution in [0.25, 0.3) is 10.4 Å². The summed E-state index contributed by atoms with van der Waals surface area (Å²) in [6.45, 7) is 7.36. The fourth-order valence-corrected chi connectivity index (χ4v) is 1.86. The molecule has 17 heavy (non-hydrogen) atoms. The summed E-state index contributed by atoms with van der Waals surface area (Å²) in [6.07, 6.45) is 1.66. The van der Waals surface area contributed by atoms with Crippen LogP contribution in [0.15, 0.2) is 5.11 Å². The lowest BCUT2D eigenvalue weighted by atomic mass is 9.99. The monoisotopic (exact) mass is 240 g/mol. The standard InChI is InChI=1S/C11H20N4O2/c1-11(2,3)17-10(16)15-6-4-5-9(8-15)7-13-14-12/h9H,4-8H2,1-3H3. The first-order valence-corrected chi connectivity index (χ1v) is 5.91. The van der Waals surface area contributed by atoms with Crippen molar-refractivity contribution in [2.75, 3.05) is 19.6 Å². The molecule has 1 aliphatic heterocycles. The average Bonchev–Trinajstić information content (AvgIpc) is 2.24. The maximum atomic E-state index is 11.8. The molecule has 1 saturated heterocycles. The number of ether oxygens (including phenoxy) is 1. The summed E-state index contributed by atoms with van der Waals surface area (Å²) < 4.78 is 5.31. The number of amides is 1. The Kier molecular flexibility index (Phi) is 4.63. The number of carbonyl (C=O) groups excluding carboxylic acids is 1. The van der Waals surface area contributed by atoms with Gasteiger partial charge in [0, 0.05) is 24.5 Å². The minimum atomic E-state index is -0.463. The van der Waals surface area contributed by atoms with E-state index in [0.29, 0.717) is 13.1 Å². The Labute approximate surface area is 102 Å². The lowest BCUT2D eigenvalue weighted by Crippen LogP contribution is -2.43. The van der Waals surface area contributed by atoms with Crippen molar-refractivity contribution in [3.63, 3.8) is 0 Å². The first-order chi connectivity index (χ1) is 7.92. The van der Waals surface area contributed by atoms with E-state index in [1.165, 1.54) is 0 Å². The van der Waals surface area contributed by atoms with Crippen LogP contribution in [0.2, 0.25) is 0 Å². The second kappa shape index (κ2) is 5.77. The summed E-state index contributed by atoms with van der Waals surface area (Å²) in [5.74, 6) is 0.257. The lowest BCUT2D eigenvalue weighted by molar-refractivity contribution is 0.0170. The molecule has 1 atom stereocenters. The second-order valence-corrected chi connectivity index (χ2v) is 5.35. The SMILES string of the molecule is CC(C)(C)OC(=O)N1CCCC(CN=[N+]=[N-])C1. The Hall–Kier alpha value is -1.42. The van der Waals surface area contributed by atoms with E-state index in [4.69, 9.17) is 10.3 Å². The van der Waals surface area contributed by atoms with Crippen LogP contribution in [-0.2, 0) is 4.74 Å². The molecule has 0 aromatic rings. The zero-order valence-corrected chi connectivity index (χ0v) is 10.7. The fraction of sp³-hybridized carbons (Fsp3) is 0.909. The van der Waals surface area contributed by atoms with E-state index in [0.717, 1.165) is 19.4 Å². The number of carbonyl (C=O) groups is 1. The minimum absolute atomic E-state index is 0.257. The van der Waals surface area contributed by atoms with Crippen LogP contribution in [0.3, 0.4) is 0 Å². The van der Waals surface area contributed by atoms with Gasteiger partial charge in [-0.25, -0.2) is 4.79 Å². The molecule has 1 unspecified atom stereocenters. The van der Waals surface area contributed by atoms with Crippen LogP contribution in [0.4, 0.5) is 4.79 Å². The summed E-state index contributed by atoms with van der Waals surface area (Å²) in [5.41, 5.74) is 7.81. The van der Waals surface area contributed by atoms with Crippen molar-refractivity contribution in [1.29, 1.82) is 0 Å². The van der Waals surface area contributed by atoms with Crippen molar-refractivity contribution in [1.82, 2.24) is 4.90 Å². The fourth-order valence-electron chi connectivity index (χ4n) is 1.86. The highest BCUT2D eigenvalue weighted by Crippen LogP contribution is 2.19. The van der Waals surface area contributed by atoms with Crippen molar-refractivity contribution in [3.05, 3.63) is 10.4 Å². The van der Waals surface area contributed by atoms with Crippen LogP contribution >= 0.6 is 0 Å². The first-order valence-electron chi connectivity index (χ1n) is 5.91. The van der Waals surface area contributed by atoms with Crippen molar-refractivity contribution in [3.8, 4) is 0 Å². The molecular formula is C11H20N4O2. The van der Waals surface area contributed by atoms with E-state index in [1.54, 1.807) is 4.90 Å². The molecule has 6 nitrogen and oxygen atoms in total. The molecule has 1 amide bonds. The Morgan fingerprint density at radius 1 is 1.59 bits per heavy atom. The molecule has 96 valence electrons. The Morgan fingerprint density at radius 2 is 2.29 bits per heavy atom. The number of likely N-dealkylation sites (tertiary alicyclic amines) is 1. The maximum Gasteiger partial charge on any atom is 0.410 e. The Balaban J connectivity index is 2.48. The molecular weight excluding hydrogens is 220 g/mol. The predicted octanol–water partition coefficient (Wildman–Crippen LogP) is 2.94. The van der Waals surface area contributed by atoms with Gasteiger partial charge in [-0.15, -0.1) is 0 Å². The molecule has 0 aliphatic carbocycles. The van der Waals surface area contributed by atoms with Crippen LogP contribution in [-0.4, -0.2) is 36.2 Å². The molecule has 0 radical (unpaired) electrons. The van der Waals surface area contributed by atoms with Gasteiger partial charge in [0.1, 0.15) is 5.60 Å². The topological polar surface area (TPSA) is 78.3 Å². The molecule has 0 aromatic carbocycles. The first kappa shape index (κ1) is 13.6. The van der Waals surface area contributed by atoms with Gasteiger partial charge in [-0.05, 0) is 45.1 Å². The van der Waals surface area contributed by atoms with Crippen molar-refractivity contribution >= 4 is 6.09 Å². The summed E-state index contributed by atoms with van der Waals surface area (Å²) in [6, 6.07) is 0. The third kappa shape index (κ3) is 4.95. The highest BCUT2D eigenvalue weighted by Gasteiger charge is 2.27. The van der Waals surface area contributed by atoms with Gasteiger partial charge in [-0.3, -0.25) is 0 Å². The third-order valence-corrected chi connectivity index (χ3v) is 2.57. The number of nitrogens with zero attached hydrogens (tertiary/aromatic N) is 4. The van der Waals surface area contributed by atoms with E-state index in [-0.39, 0.29) is 12.0 Å². The number of hydrogen-bond acceptors (Lipinski definition) is 3. The average molecular weight is 240 g/mol. The molecule has 0 aromatic heterocycles. The van der Waals surface area contributed by atoms with Crippen molar-refractivity contribution < 1.29 is 9.53 Å². The lowest BCUT2D eigenvalue weighted by Gasteiger charge is -2.33. The van der Waals surface area contributed by atoms with Crippen LogP contribution in [0.5, 0.6) is 0 Å². The quantitative estimate of drug-likeness (QED) is 0.422. The normalized spacial score (nSPS) is 20.6. The van der Waals surface area contributed by atoms with Gasteiger partial charge in [0.25, 0.3) is 0 Å². The van der Waals surface area contributed by atoms with Gasteiger partial charge in [0.05, 0.1) is 0 Å². The van der Waals surface area contributed by atoms with Crippen molar-refractivity contribution in [2.45, 2.75) is 39.2 Å². The molecule has 0 N–H and O–H groups in total. The van der Waals surface area contributed by atoms with Gasteiger partial charge in [-0.2, -0.15) is 0 Å². The largest absolute Gasteiger partial charge is 0.444 e. The van der Waals surface area contributed by atoms with Crippen LogP contribution in [0, 0.1) is 5.92 Å². The van der Waals surface area contributed by atoms with Gasteiger partial charge < -0.3 is 9.64 Å². The zero-order chi connectivity index (χ0) is 12.9. The molecule has 1 heterocycles. The molecule has 1 rings (SSSR count). The van der Waals surface area contributed by atoms with Crippen molar-refractivity contribution in [2.24, 2.45) is 11.0 Å². The Bertz CT molecular complexity index is 318.